The van der Waals surface area contributed by atoms with E-state index in [0.29, 0.717) is 12.0 Å². The second kappa shape index (κ2) is 8.34. The van der Waals surface area contributed by atoms with Gasteiger partial charge in [0.1, 0.15) is 5.84 Å². The summed E-state index contributed by atoms with van der Waals surface area (Å²) in [6.45, 7) is 6.90. The Labute approximate surface area is 170 Å². The summed E-state index contributed by atoms with van der Waals surface area (Å²) in [6.07, 6.45) is 8.82. The lowest BCUT2D eigenvalue weighted by Crippen LogP contribution is -2.39. The van der Waals surface area contributed by atoms with E-state index in [1.165, 1.54) is 55.5 Å². The van der Waals surface area contributed by atoms with Gasteiger partial charge in [0, 0.05) is 18.7 Å². The van der Waals surface area contributed by atoms with E-state index < -0.39 is 0 Å². The van der Waals surface area contributed by atoms with Gasteiger partial charge in [0.25, 0.3) is 0 Å². The van der Waals surface area contributed by atoms with Gasteiger partial charge >= 0.3 is 0 Å². The molecule has 1 aromatic rings. The Morgan fingerprint density at radius 2 is 1.64 bits per heavy atom. The molecule has 1 saturated heterocycles. The largest absolute Gasteiger partial charge is 0.493 e. The summed E-state index contributed by atoms with van der Waals surface area (Å²) in [5.74, 6) is 5.15. The molecule has 3 aliphatic rings. The van der Waals surface area contributed by atoms with Crippen LogP contribution in [0.15, 0.2) is 17.1 Å². The lowest BCUT2D eigenvalue weighted by Gasteiger charge is -2.35. The molecule has 0 amide bonds. The second-order valence-corrected chi connectivity index (χ2v) is 8.86. The van der Waals surface area contributed by atoms with Crippen LogP contribution in [0.5, 0.6) is 11.5 Å². The van der Waals surface area contributed by atoms with Crippen LogP contribution in [-0.2, 0) is 6.42 Å². The minimum absolute atomic E-state index is 0.466. The first-order valence-corrected chi connectivity index (χ1v) is 11.3. The molecule has 4 rings (SSSR count). The maximum Gasteiger partial charge on any atom is 0.161 e. The van der Waals surface area contributed by atoms with Gasteiger partial charge < -0.3 is 14.4 Å². The summed E-state index contributed by atoms with van der Waals surface area (Å²) in [7, 11) is 3.46. The lowest BCUT2D eigenvalue weighted by atomic mass is 9.87. The Hall–Kier alpha value is -1.71. The predicted octanol–water partition coefficient (Wildman–Crippen LogP) is 4.93. The molecule has 2 unspecified atom stereocenters. The van der Waals surface area contributed by atoms with Crippen molar-refractivity contribution in [3.05, 3.63) is 23.3 Å². The van der Waals surface area contributed by atoms with Crippen LogP contribution in [0.25, 0.3) is 0 Å². The number of fused-ring (bicyclic) bond motifs is 1. The fraction of sp³-hybridized carbons (Fsp3) is 0.708. The third-order valence-electron chi connectivity index (χ3n) is 7.21. The number of hydrogen-bond acceptors (Lipinski definition) is 4. The van der Waals surface area contributed by atoms with E-state index in [4.69, 9.17) is 14.5 Å². The molecule has 28 heavy (non-hydrogen) atoms. The van der Waals surface area contributed by atoms with E-state index in [1.54, 1.807) is 14.2 Å². The van der Waals surface area contributed by atoms with Crippen LogP contribution in [0.4, 0.5) is 0 Å². The number of methoxy groups -OCH3 is 2. The van der Waals surface area contributed by atoms with Crippen molar-refractivity contribution >= 4 is 5.84 Å². The average Bonchev–Trinajstić information content (AvgIpc) is 3.58. The molecule has 2 aliphatic heterocycles. The fourth-order valence-corrected chi connectivity index (χ4v) is 5.14. The van der Waals surface area contributed by atoms with Crippen molar-refractivity contribution < 1.29 is 9.47 Å². The number of hydrogen-bond donors (Lipinski definition) is 0. The van der Waals surface area contributed by atoms with Crippen molar-refractivity contribution in [2.45, 2.75) is 64.8 Å². The maximum atomic E-state index is 5.65. The summed E-state index contributed by atoms with van der Waals surface area (Å²) in [5, 5.41) is 0. The molecule has 0 radical (unpaired) electrons. The minimum atomic E-state index is 0.466. The molecule has 4 heteroatoms. The van der Waals surface area contributed by atoms with E-state index in [9.17, 15) is 0 Å². The summed E-state index contributed by atoms with van der Waals surface area (Å²) < 4.78 is 11.3. The molecule has 4 nitrogen and oxygen atoms in total. The summed E-state index contributed by atoms with van der Waals surface area (Å²) in [4.78, 5) is 8.04. The van der Waals surface area contributed by atoms with Gasteiger partial charge in [-0.2, -0.15) is 0 Å². The predicted molar refractivity (Wildman–Crippen MR) is 115 cm³/mol. The van der Waals surface area contributed by atoms with Gasteiger partial charge in [0.05, 0.1) is 20.3 Å². The molecule has 1 aliphatic carbocycles. The first-order valence-electron chi connectivity index (χ1n) is 11.3. The molecule has 1 saturated carbocycles. The average molecular weight is 385 g/mol. The third kappa shape index (κ3) is 3.75. The van der Waals surface area contributed by atoms with Crippen LogP contribution >= 0.6 is 0 Å². The Kier molecular flexibility index (Phi) is 5.84. The minimum Gasteiger partial charge on any atom is -0.493 e. The molecule has 1 aromatic carbocycles. The summed E-state index contributed by atoms with van der Waals surface area (Å²) in [6, 6.07) is 4.86. The van der Waals surface area contributed by atoms with Crippen molar-refractivity contribution in [3.63, 3.8) is 0 Å². The van der Waals surface area contributed by atoms with Crippen LogP contribution in [0.1, 0.15) is 63.5 Å². The van der Waals surface area contributed by atoms with Gasteiger partial charge in [-0.3, -0.25) is 4.99 Å². The molecule has 2 heterocycles. The van der Waals surface area contributed by atoms with Crippen LogP contribution < -0.4 is 9.47 Å². The van der Waals surface area contributed by atoms with Gasteiger partial charge in [-0.05, 0) is 67.6 Å². The number of benzene rings is 1. The van der Waals surface area contributed by atoms with Gasteiger partial charge in [-0.1, -0.05) is 26.7 Å². The zero-order valence-corrected chi connectivity index (χ0v) is 18.0. The zero-order chi connectivity index (χ0) is 19.7. The van der Waals surface area contributed by atoms with E-state index in [1.807, 2.05) is 0 Å². The first-order chi connectivity index (χ1) is 13.7. The molecular weight excluding hydrogens is 348 g/mol. The highest BCUT2D eigenvalue weighted by molar-refractivity contribution is 6.01. The number of nitrogens with zero attached hydrogens (tertiary/aromatic N) is 2. The van der Waals surface area contributed by atoms with E-state index in [-0.39, 0.29) is 0 Å². The van der Waals surface area contributed by atoms with Crippen molar-refractivity contribution in [1.29, 1.82) is 0 Å². The van der Waals surface area contributed by atoms with Crippen LogP contribution in [0.2, 0.25) is 0 Å². The summed E-state index contributed by atoms with van der Waals surface area (Å²) in [5.41, 5.74) is 2.65. The number of ether oxygens (including phenoxy) is 2. The standard InChI is InChI=1S/C24H36N2O2/c1-5-16-9-11-26(12-10-16)24-20-15-22(28-4)21(27-3)14-19(20)13-17(6-2)23(25-24)18-7-8-18/h14-18,23H,5-13H2,1-4H3. The van der Waals surface area contributed by atoms with Crippen molar-refractivity contribution in [3.8, 4) is 11.5 Å². The maximum absolute atomic E-state index is 5.65. The Bertz CT molecular complexity index is 718. The Morgan fingerprint density at radius 1 is 0.964 bits per heavy atom. The molecule has 0 aromatic heterocycles. The molecule has 2 atom stereocenters. The topological polar surface area (TPSA) is 34.1 Å². The number of aliphatic imine (C=N–C) groups is 1. The fourth-order valence-electron chi connectivity index (χ4n) is 5.14. The molecule has 0 N–H and O–H groups in total. The molecule has 154 valence electrons. The number of amidine groups is 1. The highest BCUT2D eigenvalue weighted by Gasteiger charge is 2.39. The van der Waals surface area contributed by atoms with Gasteiger partial charge in [0.2, 0.25) is 0 Å². The Morgan fingerprint density at radius 3 is 2.21 bits per heavy atom. The van der Waals surface area contributed by atoms with Gasteiger partial charge in [0.15, 0.2) is 11.5 Å². The number of rotatable bonds is 5. The van der Waals surface area contributed by atoms with E-state index in [2.05, 4.69) is 30.9 Å². The highest BCUT2D eigenvalue weighted by atomic mass is 16.5. The molecule has 2 fully saturated rings. The SMILES string of the molecule is CCC1CCN(C2=NC(C3CC3)C(CC)Cc3cc(OC)c(OC)cc32)CC1. The number of likely N-dealkylation sites (tertiary alicyclic amines) is 1. The highest BCUT2D eigenvalue weighted by Crippen LogP contribution is 2.43. The van der Waals surface area contributed by atoms with Crippen molar-refractivity contribution in [1.82, 2.24) is 4.90 Å². The van der Waals surface area contributed by atoms with Crippen molar-refractivity contribution in [2.24, 2.45) is 22.7 Å². The zero-order valence-electron chi connectivity index (χ0n) is 18.0. The third-order valence-corrected chi connectivity index (χ3v) is 7.21. The second-order valence-electron chi connectivity index (χ2n) is 8.86. The van der Waals surface area contributed by atoms with Crippen LogP contribution in [0, 0.1) is 17.8 Å². The van der Waals surface area contributed by atoms with Gasteiger partial charge in [-0.25, -0.2) is 0 Å². The molecular formula is C24H36N2O2. The van der Waals surface area contributed by atoms with Crippen LogP contribution in [0.3, 0.4) is 0 Å². The molecule has 0 bridgehead atoms. The first kappa shape index (κ1) is 19.6. The van der Waals surface area contributed by atoms with Crippen LogP contribution in [-0.4, -0.2) is 44.1 Å². The van der Waals surface area contributed by atoms with E-state index >= 15 is 0 Å². The molecule has 0 spiro atoms. The van der Waals surface area contributed by atoms with Crippen molar-refractivity contribution in [2.75, 3.05) is 27.3 Å². The number of piperidine rings is 1. The summed E-state index contributed by atoms with van der Waals surface area (Å²) >= 11 is 0. The lowest BCUT2D eigenvalue weighted by molar-refractivity contribution is 0.259. The van der Waals surface area contributed by atoms with E-state index in [0.717, 1.165) is 42.8 Å². The Balaban J connectivity index is 1.76. The smallest absolute Gasteiger partial charge is 0.161 e. The normalized spacial score (nSPS) is 25.7. The quantitative estimate of drug-likeness (QED) is 0.721. The van der Waals surface area contributed by atoms with Gasteiger partial charge in [-0.15, -0.1) is 0 Å². The monoisotopic (exact) mass is 384 g/mol.